The predicted molar refractivity (Wildman–Crippen MR) is 127 cm³/mol. The van der Waals surface area contributed by atoms with Gasteiger partial charge in [-0.15, -0.1) is 0 Å². The Kier molecular flexibility index (Phi) is 5.96. The third-order valence-electron chi connectivity index (χ3n) is 6.26. The maximum Gasteiger partial charge on any atom is 0.416 e. The molecule has 1 aromatic heterocycles. The van der Waals surface area contributed by atoms with E-state index < -0.39 is 11.7 Å². The number of ether oxygens (including phenoxy) is 1. The molecule has 34 heavy (non-hydrogen) atoms. The molecule has 0 bridgehead atoms. The van der Waals surface area contributed by atoms with E-state index in [1.807, 2.05) is 18.2 Å². The van der Waals surface area contributed by atoms with E-state index in [2.05, 4.69) is 40.1 Å². The highest BCUT2D eigenvalue weighted by atomic mass is 19.4. The molecule has 0 aliphatic carbocycles. The number of hydrogen-bond donors (Lipinski definition) is 0. The lowest BCUT2D eigenvalue weighted by Crippen LogP contribution is -2.45. The molecule has 0 amide bonds. The molecule has 4 aromatic rings. The Bertz CT molecular complexity index is 1260. The van der Waals surface area contributed by atoms with Gasteiger partial charge in [-0.05, 0) is 48.0 Å². The van der Waals surface area contributed by atoms with E-state index in [1.165, 1.54) is 17.8 Å². The van der Waals surface area contributed by atoms with Crippen molar-refractivity contribution < 1.29 is 22.3 Å². The van der Waals surface area contributed by atoms with Gasteiger partial charge in [0.2, 0.25) is 0 Å². The highest BCUT2D eigenvalue weighted by Crippen LogP contribution is 2.36. The second kappa shape index (κ2) is 9.06. The summed E-state index contributed by atoms with van der Waals surface area (Å²) < 4.78 is 50.2. The summed E-state index contributed by atoms with van der Waals surface area (Å²) in [5, 5.41) is 0.868. The normalized spacial score (nSPS) is 15.1. The molecular weight excluding hydrogens is 441 g/mol. The van der Waals surface area contributed by atoms with Crippen molar-refractivity contribution in [2.75, 3.05) is 38.2 Å². The standard InChI is InChI=1S/C27H25F3N2O2/c1-33-25-16-19(18-31-11-13-32(14-12-31)23-5-3-2-4-6-23)15-21-17-24(34-26(21)25)20-7-9-22(10-8-20)27(28,29)30/h2-10,15-17H,11-14,18H2,1H3. The smallest absolute Gasteiger partial charge is 0.416 e. The molecule has 176 valence electrons. The van der Waals surface area contributed by atoms with Gasteiger partial charge in [-0.2, -0.15) is 13.2 Å². The quantitative estimate of drug-likeness (QED) is 0.338. The number of nitrogens with zero attached hydrogens (tertiary/aromatic N) is 2. The predicted octanol–water partition coefficient (Wildman–Crippen LogP) is 6.45. The summed E-state index contributed by atoms with van der Waals surface area (Å²) in [5.41, 5.74) is 2.86. The van der Waals surface area contributed by atoms with E-state index in [0.29, 0.717) is 22.7 Å². The number of halogens is 3. The van der Waals surface area contributed by atoms with E-state index in [4.69, 9.17) is 9.15 Å². The Morgan fingerprint density at radius 1 is 0.882 bits per heavy atom. The van der Waals surface area contributed by atoms with Gasteiger partial charge in [0.25, 0.3) is 0 Å². The first kappa shape index (κ1) is 22.3. The number of furan rings is 1. The van der Waals surface area contributed by atoms with Crippen LogP contribution in [0.4, 0.5) is 18.9 Å². The number of benzene rings is 3. The minimum Gasteiger partial charge on any atom is -0.493 e. The molecule has 1 aliphatic heterocycles. The van der Waals surface area contributed by atoms with Crippen LogP contribution >= 0.6 is 0 Å². The fourth-order valence-corrected chi connectivity index (χ4v) is 4.45. The zero-order valence-corrected chi connectivity index (χ0v) is 18.8. The van der Waals surface area contributed by atoms with E-state index in [-0.39, 0.29) is 0 Å². The topological polar surface area (TPSA) is 28.9 Å². The molecule has 7 heteroatoms. The van der Waals surface area contributed by atoms with Gasteiger partial charge in [0, 0.05) is 49.4 Å². The maximum atomic E-state index is 12.9. The maximum absolute atomic E-state index is 12.9. The number of methoxy groups -OCH3 is 1. The molecular formula is C27H25F3N2O2. The molecule has 1 fully saturated rings. The first-order valence-corrected chi connectivity index (χ1v) is 11.2. The summed E-state index contributed by atoms with van der Waals surface area (Å²) in [6.45, 7) is 4.63. The average molecular weight is 467 g/mol. The van der Waals surface area contributed by atoms with E-state index >= 15 is 0 Å². The van der Waals surface area contributed by atoms with Gasteiger partial charge >= 0.3 is 6.18 Å². The van der Waals surface area contributed by atoms with E-state index in [0.717, 1.165) is 55.8 Å². The number of rotatable bonds is 5. The number of para-hydroxylation sites is 1. The summed E-state index contributed by atoms with van der Waals surface area (Å²) in [5.74, 6) is 1.13. The summed E-state index contributed by atoms with van der Waals surface area (Å²) in [7, 11) is 1.59. The molecule has 0 unspecified atom stereocenters. The SMILES string of the molecule is COc1cc(CN2CCN(c3ccccc3)CC2)cc2cc(-c3ccc(C(F)(F)F)cc3)oc12. The van der Waals surface area contributed by atoms with Crippen LogP contribution in [0.2, 0.25) is 0 Å². The molecule has 0 atom stereocenters. The number of fused-ring (bicyclic) bond motifs is 1. The fraction of sp³-hybridized carbons (Fsp3) is 0.259. The second-order valence-corrected chi connectivity index (χ2v) is 8.50. The lowest BCUT2D eigenvalue weighted by Gasteiger charge is -2.36. The van der Waals surface area contributed by atoms with Crippen LogP contribution in [0.15, 0.2) is 77.2 Å². The van der Waals surface area contributed by atoms with Crippen molar-refractivity contribution in [1.29, 1.82) is 0 Å². The Morgan fingerprint density at radius 2 is 1.59 bits per heavy atom. The van der Waals surface area contributed by atoms with Crippen molar-refractivity contribution in [1.82, 2.24) is 4.90 Å². The average Bonchev–Trinajstić information content (AvgIpc) is 3.28. The Hall–Kier alpha value is -3.45. The van der Waals surface area contributed by atoms with Gasteiger partial charge < -0.3 is 14.1 Å². The monoisotopic (exact) mass is 466 g/mol. The first-order valence-electron chi connectivity index (χ1n) is 11.2. The van der Waals surface area contributed by atoms with E-state index in [1.54, 1.807) is 7.11 Å². The van der Waals surface area contributed by atoms with Crippen molar-refractivity contribution >= 4 is 16.7 Å². The van der Waals surface area contributed by atoms with Crippen LogP contribution in [0.3, 0.4) is 0 Å². The van der Waals surface area contributed by atoms with Gasteiger partial charge in [-0.1, -0.05) is 30.3 Å². The molecule has 5 rings (SSSR count). The summed E-state index contributed by atoms with van der Waals surface area (Å²) >= 11 is 0. The van der Waals surface area contributed by atoms with Gasteiger partial charge in [0.1, 0.15) is 5.76 Å². The summed E-state index contributed by atoms with van der Waals surface area (Å²) in [6.07, 6.45) is -4.36. The van der Waals surface area contributed by atoms with E-state index in [9.17, 15) is 13.2 Å². The number of alkyl halides is 3. The minimum atomic E-state index is -4.36. The molecule has 0 spiro atoms. The van der Waals surface area contributed by atoms with Crippen LogP contribution in [0.25, 0.3) is 22.3 Å². The Labute approximate surface area is 196 Å². The van der Waals surface area contributed by atoms with Crippen molar-refractivity contribution in [3.05, 3.63) is 83.9 Å². The first-order chi connectivity index (χ1) is 16.4. The molecule has 4 nitrogen and oxygen atoms in total. The molecule has 2 heterocycles. The van der Waals surface area contributed by atoms with Crippen LogP contribution in [0, 0.1) is 0 Å². The second-order valence-electron chi connectivity index (χ2n) is 8.50. The van der Waals surface area contributed by atoms with Crippen LogP contribution in [0.5, 0.6) is 5.75 Å². The van der Waals surface area contributed by atoms with Gasteiger partial charge in [-0.25, -0.2) is 0 Å². The number of hydrogen-bond acceptors (Lipinski definition) is 4. The molecule has 1 aliphatic rings. The Morgan fingerprint density at radius 3 is 2.24 bits per heavy atom. The highest BCUT2D eigenvalue weighted by Gasteiger charge is 2.30. The van der Waals surface area contributed by atoms with Crippen LogP contribution in [-0.2, 0) is 12.7 Å². The van der Waals surface area contributed by atoms with Crippen molar-refractivity contribution in [3.63, 3.8) is 0 Å². The molecule has 0 saturated carbocycles. The third-order valence-corrected chi connectivity index (χ3v) is 6.26. The minimum absolute atomic E-state index is 0.510. The van der Waals surface area contributed by atoms with Gasteiger partial charge in [0.15, 0.2) is 11.3 Å². The van der Waals surface area contributed by atoms with Crippen molar-refractivity contribution in [3.8, 4) is 17.1 Å². The zero-order valence-electron chi connectivity index (χ0n) is 18.8. The van der Waals surface area contributed by atoms with Gasteiger partial charge in [0.05, 0.1) is 12.7 Å². The largest absolute Gasteiger partial charge is 0.493 e. The summed E-state index contributed by atoms with van der Waals surface area (Å²) in [6, 6.07) is 21.3. The lowest BCUT2D eigenvalue weighted by molar-refractivity contribution is -0.137. The van der Waals surface area contributed by atoms with Gasteiger partial charge in [-0.3, -0.25) is 4.90 Å². The zero-order chi connectivity index (χ0) is 23.7. The fourth-order valence-electron chi connectivity index (χ4n) is 4.45. The van der Waals surface area contributed by atoms with Crippen LogP contribution in [0.1, 0.15) is 11.1 Å². The highest BCUT2D eigenvalue weighted by molar-refractivity contribution is 5.88. The Balaban J connectivity index is 1.33. The molecule has 3 aromatic carbocycles. The molecule has 0 N–H and O–H groups in total. The van der Waals surface area contributed by atoms with Crippen molar-refractivity contribution in [2.45, 2.75) is 12.7 Å². The number of piperazine rings is 1. The number of anilines is 1. The van der Waals surface area contributed by atoms with Crippen LogP contribution in [-0.4, -0.2) is 38.2 Å². The van der Waals surface area contributed by atoms with Crippen molar-refractivity contribution in [2.24, 2.45) is 0 Å². The summed E-state index contributed by atoms with van der Waals surface area (Å²) in [4.78, 5) is 4.81. The van der Waals surface area contributed by atoms with Crippen LogP contribution < -0.4 is 9.64 Å². The lowest BCUT2D eigenvalue weighted by atomic mass is 10.1. The molecule has 1 saturated heterocycles. The third kappa shape index (κ3) is 4.61. The molecule has 0 radical (unpaired) electrons.